The van der Waals surface area contributed by atoms with E-state index in [1.165, 1.54) is 19.1 Å². The van der Waals surface area contributed by atoms with Crippen molar-refractivity contribution in [1.82, 2.24) is 0 Å². The highest BCUT2D eigenvalue weighted by molar-refractivity contribution is 8.77. The van der Waals surface area contributed by atoms with Crippen molar-refractivity contribution in [3.63, 3.8) is 0 Å². The van der Waals surface area contributed by atoms with E-state index in [1.54, 1.807) is 24.3 Å². The Hall–Kier alpha value is -1.67. The Kier molecular flexibility index (Phi) is 8.84. The van der Waals surface area contributed by atoms with E-state index >= 15 is 0 Å². The Labute approximate surface area is 161 Å². The first-order valence-corrected chi connectivity index (χ1v) is 11.0. The summed E-state index contributed by atoms with van der Waals surface area (Å²) < 4.78 is 5.01. The molecule has 1 aliphatic rings. The first-order valence-electron chi connectivity index (χ1n) is 8.64. The third-order valence-corrected chi connectivity index (χ3v) is 6.72. The van der Waals surface area contributed by atoms with Crippen LogP contribution in [0.1, 0.15) is 39.0 Å². The van der Waals surface area contributed by atoms with E-state index in [9.17, 15) is 14.4 Å². The number of rotatable bonds is 9. The summed E-state index contributed by atoms with van der Waals surface area (Å²) >= 11 is 0. The predicted octanol–water partition coefficient (Wildman–Crippen LogP) is 3.84. The maximum atomic E-state index is 11.9. The van der Waals surface area contributed by atoms with Gasteiger partial charge in [0.1, 0.15) is 0 Å². The molecule has 2 amide bonds. The number of carbonyl (C=O) groups is 3. The van der Waals surface area contributed by atoms with E-state index in [-0.39, 0.29) is 18.5 Å². The molecule has 0 aromatic heterocycles. The van der Waals surface area contributed by atoms with Crippen LogP contribution in [0.5, 0.6) is 0 Å². The Morgan fingerprint density at radius 2 is 1.96 bits per heavy atom. The van der Waals surface area contributed by atoms with Gasteiger partial charge in [0.2, 0.25) is 5.91 Å². The van der Waals surface area contributed by atoms with Crippen LogP contribution >= 0.6 is 21.6 Å². The highest BCUT2D eigenvalue weighted by Crippen LogP contribution is 2.39. The number of hydrogen-bond donors (Lipinski definition) is 2. The standard InChI is InChI=1S/C18H24N2O4S2/c1-13(21)19-14-5-4-6-15(11-14)20-17(22)12-24-18(23)8-3-2-7-16-9-10-25-26-16/h4-6,11,16H,2-3,7-10,12H2,1H3,(H,19,21)(H,20,22)/t16-/m1/s1. The number of carbonyl (C=O) groups excluding carboxylic acids is 3. The molecular formula is C18H24N2O4S2. The van der Waals surface area contributed by atoms with Gasteiger partial charge in [-0.2, -0.15) is 0 Å². The number of ether oxygens (including phenoxy) is 1. The van der Waals surface area contributed by atoms with Gasteiger partial charge in [-0.3, -0.25) is 14.4 Å². The molecule has 1 saturated heterocycles. The normalized spacial score (nSPS) is 16.1. The second kappa shape index (κ2) is 11.1. The van der Waals surface area contributed by atoms with Crippen LogP contribution in [0.3, 0.4) is 0 Å². The molecule has 6 nitrogen and oxygen atoms in total. The van der Waals surface area contributed by atoms with Gasteiger partial charge in [-0.25, -0.2) is 0 Å². The predicted molar refractivity (Wildman–Crippen MR) is 107 cm³/mol. The van der Waals surface area contributed by atoms with Crippen molar-refractivity contribution >= 4 is 50.7 Å². The average molecular weight is 397 g/mol. The van der Waals surface area contributed by atoms with Crippen molar-refractivity contribution in [1.29, 1.82) is 0 Å². The molecule has 26 heavy (non-hydrogen) atoms. The fraction of sp³-hybridized carbons (Fsp3) is 0.500. The SMILES string of the molecule is CC(=O)Nc1cccc(NC(=O)COC(=O)CCCC[C@@H]2CCSS2)c1. The Morgan fingerprint density at radius 3 is 2.65 bits per heavy atom. The third kappa shape index (κ3) is 8.14. The van der Waals surface area contributed by atoms with Gasteiger partial charge < -0.3 is 15.4 Å². The Balaban J connectivity index is 1.61. The lowest BCUT2D eigenvalue weighted by molar-refractivity contribution is -0.147. The van der Waals surface area contributed by atoms with Crippen molar-refractivity contribution < 1.29 is 19.1 Å². The number of hydrogen-bond acceptors (Lipinski definition) is 6. The second-order valence-corrected chi connectivity index (χ2v) is 8.83. The highest BCUT2D eigenvalue weighted by atomic mass is 33.1. The van der Waals surface area contributed by atoms with Gasteiger partial charge in [0, 0.05) is 35.7 Å². The number of benzene rings is 1. The van der Waals surface area contributed by atoms with Crippen LogP contribution < -0.4 is 10.6 Å². The van der Waals surface area contributed by atoms with Crippen LogP contribution in [0.15, 0.2) is 24.3 Å². The van der Waals surface area contributed by atoms with E-state index < -0.39 is 5.91 Å². The monoisotopic (exact) mass is 396 g/mol. The van der Waals surface area contributed by atoms with E-state index in [1.807, 2.05) is 21.6 Å². The number of unbranched alkanes of at least 4 members (excludes halogenated alkanes) is 1. The van der Waals surface area contributed by atoms with Crippen molar-refractivity contribution in [2.24, 2.45) is 0 Å². The van der Waals surface area contributed by atoms with Crippen molar-refractivity contribution in [2.45, 2.75) is 44.3 Å². The molecule has 0 spiro atoms. The van der Waals surface area contributed by atoms with Gasteiger partial charge in [-0.05, 0) is 37.5 Å². The number of amides is 2. The molecule has 1 atom stereocenters. The lowest BCUT2D eigenvalue weighted by atomic mass is 10.1. The number of anilines is 2. The molecule has 1 aromatic rings. The topological polar surface area (TPSA) is 84.5 Å². The number of nitrogens with one attached hydrogen (secondary N) is 2. The van der Waals surface area contributed by atoms with Crippen LogP contribution in [-0.4, -0.2) is 35.4 Å². The van der Waals surface area contributed by atoms with Gasteiger partial charge >= 0.3 is 5.97 Å². The summed E-state index contributed by atoms with van der Waals surface area (Å²) in [4.78, 5) is 34.6. The molecule has 1 fully saturated rings. The summed E-state index contributed by atoms with van der Waals surface area (Å²) in [7, 11) is 3.87. The lowest BCUT2D eigenvalue weighted by Crippen LogP contribution is -2.21. The molecule has 2 rings (SSSR count). The summed E-state index contributed by atoms with van der Waals surface area (Å²) in [6.45, 7) is 1.11. The number of esters is 1. The quantitative estimate of drug-likeness (QED) is 0.375. The molecule has 1 heterocycles. The van der Waals surface area contributed by atoms with Gasteiger partial charge in [-0.15, -0.1) is 0 Å². The lowest BCUT2D eigenvalue weighted by Gasteiger charge is -2.09. The zero-order valence-electron chi connectivity index (χ0n) is 14.8. The first kappa shape index (κ1) is 20.6. The molecule has 8 heteroatoms. The van der Waals surface area contributed by atoms with Crippen LogP contribution in [0, 0.1) is 0 Å². The van der Waals surface area contributed by atoms with Crippen LogP contribution in [0.25, 0.3) is 0 Å². The fourth-order valence-corrected chi connectivity index (χ4v) is 5.53. The Morgan fingerprint density at radius 1 is 1.19 bits per heavy atom. The highest BCUT2D eigenvalue weighted by Gasteiger charge is 2.16. The molecule has 0 unspecified atom stereocenters. The minimum absolute atomic E-state index is 0.187. The molecule has 0 aliphatic carbocycles. The largest absolute Gasteiger partial charge is 0.456 e. The first-order chi connectivity index (χ1) is 12.5. The maximum Gasteiger partial charge on any atom is 0.306 e. The smallest absolute Gasteiger partial charge is 0.306 e. The zero-order valence-corrected chi connectivity index (χ0v) is 16.4. The molecule has 142 valence electrons. The average Bonchev–Trinajstić information content (AvgIpc) is 3.10. The maximum absolute atomic E-state index is 11.9. The summed E-state index contributed by atoms with van der Waals surface area (Å²) in [5.41, 5.74) is 1.12. The van der Waals surface area contributed by atoms with Crippen molar-refractivity contribution in [2.75, 3.05) is 23.0 Å². The van der Waals surface area contributed by atoms with Gasteiger partial charge in [0.15, 0.2) is 6.61 Å². The van der Waals surface area contributed by atoms with E-state index in [0.29, 0.717) is 17.8 Å². The van der Waals surface area contributed by atoms with E-state index in [4.69, 9.17) is 4.74 Å². The minimum atomic E-state index is -0.405. The van der Waals surface area contributed by atoms with E-state index in [2.05, 4.69) is 10.6 Å². The van der Waals surface area contributed by atoms with Crippen LogP contribution in [0.4, 0.5) is 11.4 Å². The molecule has 0 radical (unpaired) electrons. The molecular weight excluding hydrogens is 372 g/mol. The summed E-state index contributed by atoms with van der Waals surface area (Å²) in [6, 6.07) is 6.78. The fourth-order valence-electron chi connectivity index (χ4n) is 2.50. The van der Waals surface area contributed by atoms with Crippen molar-refractivity contribution in [3.05, 3.63) is 24.3 Å². The van der Waals surface area contributed by atoms with Gasteiger partial charge in [0.05, 0.1) is 0 Å². The summed E-state index contributed by atoms with van der Waals surface area (Å²) in [5, 5.41) is 6.00. The molecule has 1 aromatic carbocycles. The molecule has 0 saturated carbocycles. The summed E-state index contributed by atoms with van der Waals surface area (Å²) in [5.74, 6) is 0.284. The minimum Gasteiger partial charge on any atom is -0.456 e. The molecule has 2 N–H and O–H groups in total. The molecule has 0 bridgehead atoms. The summed E-state index contributed by atoms with van der Waals surface area (Å²) in [6.07, 6.45) is 4.53. The van der Waals surface area contributed by atoms with Gasteiger partial charge in [-0.1, -0.05) is 34.1 Å². The third-order valence-electron chi connectivity index (χ3n) is 3.72. The second-order valence-electron chi connectivity index (χ2n) is 6.05. The van der Waals surface area contributed by atoms with Crippen molar-refractivity contribution in [3.8, 4) is 0 Å². The zero-order chi connectivity index (χ0) is 18.8. The van der Waals surface area contributed by atoms with Crippen LogP contribution in [0.2, 0.25) is 0 Å². The van der Waals surface area contributed by atoms with Crippen LogP contribution in [-0.2, 0) is 19.1 Å². The Bertz CT molecular complexity index is 633. The van der Waals surface area contributed by atoms with Gasteiger partial charge in [0.25, 0.3) is 5.91 Å². The molecule has 1 aliphatic heterocycles. The van der Waals surface area contributed by atoms with E-state index in [0.717, 1.165) is 24.5 Å².